The number of rotatable bonds is 4. The summed E-state index contributed by atoms with van der Waals surface area (Å²) in [5.41, 5.74) is 3.70. The highest BCUT2D eigenvalue weighted by Crippen LogP contribution is 2.32. The van der Waals surface area contributed by atoms with Crippen LogP contribution in [0.2, 0.25) is 0 Å². The highest BCUT2D eigenvalue weighted by molar-refractivity contribution is 5.96. The van der Waals surface area contributed by atoms with Gasteiger partial charge in [-0.05, 0) is 30.2 Å². The van der Waals surface area contributed by atoms with Crippen LogP contribution in [0.4, 0.5) is 5.69 Å². The summed E-state index contributed by atoms with van der Waals surface area (Å²) in [5.74, 6) is 0.889. The first-order chi connectivity index (χ1) is 13.7. The Morgan fingerprint density at radius 1 is 1.18 bits per heavy atom. The summed E-state index contributed by atoms with van der Waals surface area (Å²) in [6.45, 7) is 2.66. The summed E-state index contributed by atoms with van der Waals surface area (Å²) >= 11 is 0. The number of fused-ring (bicyclic) bond motifs is 1. The van der Waals surface area contributed by atoms with Gasteiger partial charge in [-0.15, -0.1) is 0 Å². The fraction of sp³-hybridized carbons (Fsp3) is 0.238. The molecule has 7 heteroatoms. The number of anilines is 1. The molecular formula is C21H19N5O2. The molecule has 1 N–H and O–H groups in total. The number of nitrogens with zero attached hydrogens (tertiary/aromatic N) is 4. The number of para-hydroxylation sites is 1. The van der Waals surface area contributed by atoms with Crippen molar-refractivity contribution in [2.45, 2.75) is 25.7 Å². The second-order valence-corrected chi connectivity index (χ2v) is 7.00. The fourth-order valence-electron chi connectivity index (χ4n) is 3.67. The number of hydrogen-bond donors (Lipinski definition) is 1. The molecule has 1 aliphatic rings. The number of carbonyl (C=O) groups excluding carboxylic acids is 1. The molecule has 0 aliphatic carbocycles. The van der Waals surface area contributed by atoms with Crippen LogP contribution >= 0.6 is 0 Å². The number of carbonyl (C=O) groups is 1. The van der Waals surface area contributed by atoms with Gasteiger partial charge in [-0.3, -0.25) is 9.89 Å². The van der Waals surface area contributed by atoms with E-state index in [-0.39, 0.29) is 11.8 Å². The second-order valence-electron chi connectivity index (χ2n) is 7.00. The Balaban J connectivity index is 1.39. The molecule has 28 heavy (non-hydrogen) atoms. The summed E-state index contributed by atoms with van der Waals surface area (Å²) in [5, 5.41) is 12.3. The molecule has 1 fully saturated rings. The van der Waals surface area contributed by atoms with Gasteiger partial charge in [0.1, 0.15) is 0 Å². The van der Waals surface area contributed by atoms with Gasteiger partial charge >= 0.3 is 0 Å². The zero-order valence-electron chi connectivity index (χ0n) is 15.4. The quantitative estimate of drug-likeness (QED) is 0.589. The summed E-state index contributed by atoms with van der Waals surface area (Å²) in [6, 6.07) is 15.9. The molecule has 1 saturated heterocycles. The van der Waals surface area contributed by atoms with Crippen LogP contribution in [-0.4, -0.2) is 32.8 Å². The van der Waals surface area contributed by atoms with Gasteiger partial charge in [0.05, 0.1) is 5.52 Å². The largest absolute Gasteiger partial charge is 0.332 e. The molecule has 140 valence electrons. The molecule has 1 unspecified atom stereocenters. The van der Waals surface area contributed by atoms with E-state index in [0.29, 0.717) is 30.4 Å². The number of aromatic amines is 1. The normalized spacial score (nSPS) is 17.0. The number of nitrogens with one attached hydrogen (secondary N) is 1. The molecule has 4 aromatic rings. The molecule has 1 amide bonds. The number of hydrogen-bond acceptors (Lipinski definition) is 5. The van der Waals surface area contributed by atoms with E-state index < -0.39 is 0 Å². The molecule has 1 aliphatic heterocycles. The summed E-state index contributed by atoms with van der Waals surface area (Å²) < 4.78 is 5.46. The van der Waals surface area contributed by atoms with Gasteiger partial charge in [-0.2, -0.15) is 10.1 Å². The molecule has 0 radical (unpaired) electrons. The number of aryl methyl sites for hydroxylation is 1. The van der Waals surface area contributed by atoms with E-state index >= 15 is 0 Å². The zero-order chi connectivity index (χ0) is 19.1. The minimum Gasteiger partial charge on any atom is -0.332 e. The minimum atomic E-state index is -0.0962. The Labute approximate surface area is 161 Å². The molecule has 3 heterocycles. The smallest absolute Gasteiger partial charge is 0.279 e. The predicted octanol–water partition coefficient (Wildman–Crippen LogP) is 3.70. The maximum Gasteiger partial charge on any atom is 0.279 e. The monoisotopic (exact) mass is 373 g/mol. The van der Waals surface area contributed by atoms with Gasteiger partial charge in [-0.25, -0.2) is 0 Å². The number of amides is 1. The highest BCUT2D eigenvalue weighted by atomic mass is 16.5. The van der Waals surface area contributed by atoms with Crippen molar-refractivity contribution in [1.82, 2.24) is 20.3 Å². The first kappa shape index (κ1) is 16.7. The maximum atomic E-state index is 12.5. The summed E-state index contributed by atoms with van der Waals surface area (Å²) in [7, 11) is 0. The van der Waals surface area contributed by atoms with Crippen LogP contribution < -0.4 is 4.90 Å². The number of H-pyrrole nitrogens is 1. The zero-order valence-corrected chi connectivity index (χ0v) is 15.4. The van der Waals surface area contributed by atoms with Gasteiger partial charge in [0.25, 0.3) is 5.89 Å². The topological polar surface area (TPSA) is 87.9 Å². The summed E-state index contributed by atoms with van der Waals surface area (Å²) in [4.78, 5) is 18.9. The van der Waals surface area contributed by atoms with Crippen LogP contribution in [0.5, 0.6) is 0 Å². The molecule has 7 nitrogen and oxygen atoms in total. The average Bonchev–Trinajstić information content (AvgIpc) is 3.45. The van der Waals surface area contributed by atoms with E-state index in [1.807, 2.05) is 36.4 Å². The molecule has 5 rings (SSSR count). The lowest BCUT2D eigenvalue weighted by atomic mass is 10.1. The van der Waals surface area contributed by atoms with Crippen LogP contribution in [0.3, 0.4) is 0 Å². The summed E-state index contributed by atoms with van der Waals surface area (Å²) in [6.07, 6.45) is 1.35. The third-order valence-electron chi connectivity index (χ3n) is 5.26. The van der Waals surface area contributed by atoms with E-state index in [2.05, 4.69) is 39.4 Å². The van der Waals surface area contributed by atoms with Crippen molar-refractivity contribution in [3.05, 3.63) is 59.9 Å². The molecule has 0 bridgehead atoms. The SMILES string of the molecule is CCc1ccc(N2CC(c3noc(-c4n[nH]c5ccccc45)n3)CC2=O)cc1. The Morgan fingerprint density at radius 2 is 2.00 bits per heavy atom. The van der Waals surface area contributed by atoms with Crippen molar-refractivity contribution < 1.29 is 9.32 Å². The van der Waals surface area contributed by atoms with Gasteiger partial charge in [0.15, 0.2) is 11.5 Å². The van der Waals surface area contributed by atoms with Crippen molar-refractivity contribution in [3.63, 3.8) is 0 Å². The van der Waals surface area contributed by atoms with Crippen LogP contribution in [0.15, 0.2) is 53.1 Å². The van der Waals surface area contributed by atoms with Crippen LogP contribution in [0, 0.1) is 0 Å². The van der Waals surface area contributed by atoms with Crippen LogP contribution in [0.1, 0.15) is 30.7 Å². The first-order valence-corrected chi connectivity index (χ1v) is 9.39. The van der Waals surface area contributed by atoms with Gasteiger partial charge < -0.3 is 9.42 Å². The van der Waals surface area contributed by atoms with Gasteiger partial charge in [-0.1, -0.05) is 42.4 Å². The Bertz CT molecular complexity index is 1150. The van der Waals surface area contributed by atoms with Crippen molar-refractivity contribution in [1.29, 1.82) is 0 Å². The lowest BCUT2D eigenvalue weighted by Gasteiger charge is -2.16. The molecule has 0 saturated carbocycles. The third-order valence-corrected chi connectivity index (χ3v) is 5.26. The van der Waals surface area contributed by atoms with Crippen molar-refractivity contribution in [2.75, 3.05) is 11.4 Å². The van der Waals surface area contributed by atoms with Crippen LogP contribution in [-0.2, 0) is 11.2 Å². The third kappa shape index (κ3) is 2.76. The highest BCUT2D eigenvalue weighted by Gasteiger charge is 2.35. The molecule has 2 aromatic carbocycles. The number of aromatic nitrogens is 4. The Hall–Kier alpha value is -3.48. The maximum absolute atomic E-state index is 12.5. The molecule has 1 atom stereocenters. The molecule has 2 aromatic heterocycles. The van der Waals surface area contributed by atoms with Crippen LogP contribution in [0.25, 0.3) is 22.5 Å². The Morgan fingerprint density at radius 3 is 2.82 bits per heavy atom. The van der Waals surface area contributed by atoms with E-state index in [0.717, 1.165) is 23.0 Å². The van der Waals surface area contributed by atoms with E-state index in [4.69, 9.17) is 4.52 Å². The lowest BCUT2D eigenvalue weighted by molar-refractivity contribution is -0.117. The van der Waals surface area contributed by atoms with E-state index in [9.17, 15) is 4.79 Å². The standard InChI is InChI=1S/C21H19N5O2/c1-2-13-7-9-15(10-8-13)26-12-14(11-18(26)27)20-22-21(28-25-20)19-16-5-3-4-6-17(16)23-24-19/h3-10,14H,2,11-12H2,1H3,(H,23,24). The van der Waals surface area contributed by atoms with Crippen molar-refractivity contribution in [2.24, 2.45) is 0 Å². The number of benzene rings is 2. The Kier molecular flexibility index (Phi) is 3.93. The second kappa shape index (κ2) is 6.60. The van der Waals surface area contributed by atoms with Crippen molar-refractivity contribution >= 4 is 22.5 Å². The molecule has 0 spiro atoms. The van der Waals surface area contributed by atoms with Crippen molar-refractivity contribution in [3.8, 4) is 11.6 Å². The average molecular weight is 373 g/mol. The van der Waals surface area contributed by atoms with Gasteiger partial charge in [0, 0.05) is 30.0 Å². The first-order valence-electron chi connectivity index (χ1n) is 9.39. The minimum absolute atomic E-state index is 0.0748. The van der Waals surface area contributed by atoms with E-state index in [1.54, 1.807) is 4.90 Å². The molecular weight excluding hydrogens is 354 g/mol. The van der Waals surface area contributed by atoms with E-state index in [1.165, 1.54) is 5.56 Å². The van der Waals surface area contributed by atoms with Gasteiger partial charge in [0.2, 0.25) is 5.91 Å². The lowest BCUT2D eigenvalue weighted by Crippen LogP contribution is -2.24. The predicted molar refractivity (Wildman–Crippen MR) is 105 cm³/mol. The fourth-order valence-corrected chi connectivity index (χ4v) is 3.67.